The number of halogens is 1. The summed E-state index contributed by atoms with van der Waals surface area (Å²) in [7, 11) is 0. The molecule has 1 aliphatic heterocycles. The third kappa shape index (κ3) is 4.15. The number of nitrogens with one attached hydrogen (secondary N) is 2. The number of imidazole rings is 1. The van der Waals surface area contributed by atoms with Crippen molar-refractivity contribution in [1.82, 2.24) is 19.9 Å². The van der Waals surface area contributed by atoms with Crippen molar-refractivity contribution in [2.24, 2.45) is 11.3 Å². The lowest BCUT2D eigenvalue weighted by atomic mass is 9.85. The van der Waals surface area contributed by atoms with Crippen LogP contribution in [0.4, 0.5) is 15.0 Å². The van der Waals surface area contributed by atoms with Crippen molar-refractivity contribution in [3.8, 4) is 11.3 Å². The lowest BCUT2D eigenvalue weighted by molar-refractivity contribution is -0.121. The second kappa shape index (κ2) is 7.70. The molecule has 3 heterocycles. The SMILES string of the molecule is CC1(C)Cc2ncc(-c3cc(NC(=O)[C@H]4CCC[C@@H](NC(=O)O)C4)ncc3F)n2C1. The highest BCUT2D eigenvalue weighted by atomic mass is 19.1. The molecule has 30 heavy (non-hydrogen) atoms. The standard InChI is InChI=1S/C21H26FN5O3/c1-21(2)8-18-24-10-16(27(18)11-21)14-7-17(23-9-15(14)22)26-19(28)12-4-3-5-13(6-12)25-20(29)30/h7,9-10,12-13,25H,3-6,8,11H2,1-2H3,(H,29,30)(H,23,26,28)/t12-,13+/m0/s1. The topological polar surface area (TPSA) is 109 Å². The quantitative estimate of drug-likeness (QED) is 0.709. The maximum Gasteiger partial charge on any atom is 0.404 e. The van der Waals surface area contributed by atoms with E-state index in [4.69, 9.17) is 5.11 Å². The van der Waals surface area contributed by atoms with E-state index in [1.807, 2.05) is 4.57 Å². The maximum atomic E-state index is 14.6. The van der Waals surface area contributed by atoms with Gasteiger partial charge in [-0.3, -0.25) is 4.79 Å². The molecule has 2 atom stereocenters. The van der Waals surface area contributed by atoms with Gasteiger partial charge >= 0.3 is 6.09 Å². The Morgan fingerprint density at radius 3 is 2.83 bits per heavy atom. The Morgan fingerprint density at radius 2 is 2.07 bits per heavy atom. The number of hydrogen-bond acceptors (Lipinski definition) is 4. The summed E-state index contributed by atoms with van der Waals surface area (Å²) in [6.45, 7) is 5.05. The van der Waals surface area contributed by atoms with Crippen LogP contribution in [0.3, 0.4) is 0 Å². The number of nitrogens with zero attached hydrogens (tertiary/aromatic N) is 3. The minimum atomic E-state index is -1.08. The van der Waals surface area contributed by atoms with Gasteiger partial charge in [0, 0.05) is 30.5 Å². The van der Waals surface area contributed by atoms with Crippen molar-refractivity contribution >= 4 is 17.8 Å². The second-order valence-electron chi connectivity index (χ2n) is 9.04. The van der Waals surface area contributed by atoms with Gasteiger partial charge in [-0.1, -0.05) is 20.3 Å². The number of rotatable bonds is 4. The van der Waals surface area contributed by atoms with Crippen LogP contribution >= 0.6 is 0 Å². The normalized spacial score (nSPS) is 22.4. The fourth-order valence-electron chi connectivity index (χ4n) is 4.52. The molecule has 0 saturated heterocycles. The average molecular weight is 415 g/mol. The van der Waals surface area contributed by atoms with Crippen molar-refractivity contribution in [2.45, 2.75) is 58.5 Å². The van der Waals surface area contributed by atoms with E-state index >= 15 is 0 Å². The molecule has 1 saturated carbocycles. The molecule has 160 valence electrons. The van der Waals surface area contributed by atoms with Crippen LogP contribution in [0.15, 0.2) is 18.5 Å². The summed E-state index contributed by atoms with van der Waals surface area (Å²) in [4.78, 5) is 32.1. The molecule has 2 aliphatic rings. The van der Waals surface area contributed by atoms with Gasteiger partial charge in [-0.05, 0) is 30.7 Å². The van der Waals surface area contributed by atoms with Crippen molar-refractivity contribution in [3.63, 3.8) is 0 Å². The Hall–Kier alpha value is -2.97. The van der Waals surface area contributed by atoms with Crippen LogP contribution in [-0.2, 0) is 17.8 Å². The van der Waals surface area contributed by atoms with Crippen LogP contribution in [0, 0.1) is 17.2 Å². The highest BCUT2D eigenvalue weighted by Gasteiger charge is 2.32. The fourth-order valence-corrected chi connectivity index (χ4v) is 4.52. The number of aromatic nitrogens is 3. The van der Waals surface area contributed by atoms with E-state index in [9.17, 15) is 14.0 Å². The van der Waals surface area contributed by atoms with E-state index in [1.165, 1.54) is 0 Å². The van der Waals surface area contributed by atoms with Crippen LogP contribution in [-0.4, -0.2) is 37.7 Å². The molecule has 8 nitrogen and oxygen atoms in total. The largest absolute Gasteiger partial charge is 0.465 e. The smallest absolute Gasteiger partial charge is 0.404 e. The zero-order valence-corrected chi connectivity index (χ0v) is 17.1. The van der Waals surface area contributed by atoms with Gasteiger partial charge in [0.25, 0.3) is 0 Å². The van der Waals surface area contributed by atoms with Crippen molar-refractivity contribution in [1.29, 1.82) is 0 Å². The maximum absolute atomic E-state index is 14.6. The van der Waals surface area contributed by atoms with Crippen molar-refractivity contribution in [3.05, 3.63) is 30.1 Å². The van der Waals surface area contributed by atoms with Gasteiger partial charge in [-0.15, -0.1) is 0 Å². The first-order chi connectivity index (χ1) is 14.2. The number of anilines is 1. The molecule has 1 fully saturated rings. The lowest BCUT2D eigenvalue weighted by Gasteiger charge is -2.28. The average Bonchev–Trinajstić information content (AvgIpc) is 3.18. The monoisotopic (exact) mass is 415 g/mol. The summed E-state index contributed by atoms with van der Waals surface area (Å²) in [6.07, 6.45) is 5.14. The predicted octanol–water partition coefficient (Wildman–Crippen LogP) is 3.43. The number of carboxylic acid groups (broad SMARTS) is 1. The number of fused-ring (bicyclic) bond motifs is 1. The molecule has 1 aliphatic carbocycles. The molecule has 9 heteroatoms. The minimum Gasteiger partial charge on any atom is -0.465 e. The summed E-state index contributed by atoms with van der Waals surface area (Å²) in [5.74, 6) is 0.194. The van der Waals surface area contributed by atoms with Crippen LogP contribution in [0.2, 0.25) is 0 Å². The summed E-state index contributed by atoms with van der Waals surface area (Å²) >= 11 is 0. The Morgan fingerprint density at radius 1 is 1.27 bits per heavy atom. The first kappa shape index (κ1) is 20.3. The molecule has 0 aromatic carbocycles. The van der Waals surface area contributed by atoms with Crippen LogP contribution < -0.4 is 10.6 Å². The molecular formula is C21H26FN5O3. The van der Waals surface area contributed by atoms with Gasteiger partial charge in [0.05, 0.1) is 18.1 Å². The van der Waals surface area contributed by atoms with Gasteiger partial charge < -0.3 is 20.3 Å². The summed E-state index contributed by atoms with van der Waals surface area (Å²) in [6, 6.07) is 1.31. The molecule has 0 bridgehead atoms. The number of pyridine rings is 1. The van der Waals surface area contributed by atoms with Crippen molar-refractivity contribution < 1.29 is 19.1 Å². The first-order valence-corrected chi connectivity index (χ1v) is 10.2. The molecule has 2 aromatic heterocycles. The van der Waals surface area contributed by atoms with E-state index in [-0.39, 0.29) is 29.1 Å². The molecule has 0 unspecified atom stereocenters. The molecule has 4 rings (SSSR count). The number of carbonyl (C=O) groups excluding carboxylic acids is 1. The van der Waals surface area contributed by atoms with Crippen molar-refractivity contribution in [2.75, 3.05) is 5.32 Å². The van der Waals surface area contributed by atoms with Crippen LogP contribution in [0.1, 0.15) is 45.4 Å². The first-order valence-electron chi connectivity index (χ1n) is 10.2. The molecule has 0 radical (unpaired) electrons. The van der Waals surface area contributed by atoms with E-state index in [0.717, 1.165) is 37.8 Å². The third-order valence-corrected chi connectivity index (χ3v) is 5.92. The van der Waals surface area contributed by atoms with E-state index in [0.29, 0.717) is 24.1 Å². The second-order valence-corrected chi connectivity index (χ2v) is 9.04. The summed E-state index contributed by atoms with van der Waals surface area (Å²) in [5.41, 5.74) is 1.10. The molecule has 3 N–H and O–H groups in total. The highest BCUT2D eigenvalue weighted by molar-refractivity contribution is 5.92. The van der Waals surface area contributed by atoms with Gasteiger partial charge in [0.1, 0.15) is 11.6 Å². The minimum absolute atomic E-state index is 0.0698. The number of amides is 2. The summed E-state index contributed by atoms with van der Waals surface area (Å²) < 4.78 is 16.6. The van der Waals surface area contributed by atoms with Gasteiger partial charge in [-0.25, -0.2) is 19.2 Å². The van der Waals surface area contributed by atoms with E-state index in [2.05, 4.69) is 34.4 Å². The fraction of sp³-hybridized carbons (Fsp3) is 0.524. The van der Waals surface area contributed by atoms with Gasteiger partial charge in [-0.2, -0.15) is 0 Å². The Bertz CT molecular complexity index is 987. The zero-order chi connectivity index (χ0) is 21.5. The Kier molecular flexibility index (Phi) is 5.21. The predicted molar refractivity (Wildman–Crippen MR) is 108 cm³/mol. The lowest BCUT2D eigenvalue weighted by Crippen LogP contribution is -2.40. The highest BCUT2D eigenvalue weighted by Crippen LogP contribution is 2.36. The third-order valence-electron chi connectivity index (χ3n) is 5.92. The Labute approximate surface area is 173 Å². The van der Waals surface area contributed by atoms with Gasteiger partial charge in [0.2, 0.25) is 5.91 Å². The molecule has 2 aromatic rings. The van der Waals surface area contributed by atoms with E-state index < -0.39 is 11.9 Å². The Balaban J connectivity index is 1.51. The molecular weight excluding hydrogens is 389 g/mol. The summed E-state index contributed by atoms with van der Waals surface area (Å²) in [5, 5.41) is 14.1. The van der Waals surface area contributed by atoms with E-state index in [1.54, 1.807) is 12.3 Å². The molecule has 2 amide bonds. The van der Waals surface area contributed by atoms with Crippen LogP contribution in [0.5, 0.6) is 0 Å². The zero-order valence-electron chi connectivity index (χ0n) is 17.1. The number of carbonyl (C=O) groups is 2. The number of hydrogen-bond donors (Lipinski definition) is 3. The molecule has 0 spiro atoms. The van der Waals surface area contributed by atoms with Gasteiger partial charge in [0.15, 0.2) is 5.82 Å². The van der Waals surface area contributed by atoms with Crippen LogP contribution in [0.25, 0.3) is 11.3 Å².